The van der Waals surface area contributed by atoms with Crippen molar-refractivity contribution in [3.8, 4) is 23.8 Å². The molecule has 2 N–H and O–H groups in total. The molecule has 0 unspecified atom stereocenters. The summed E-state index contributed by atoms with van der Waals surface area (Å²) in [6.07, 6.45) is 6.73. The van der Waals surface area contributed by atoms with Gasteiger partial charge in [0.2, 0.25) is 0 Å². The Kier molecular flexibility index (Phi) is 4.37. The lowest BCUT2D eigenvalue weighted by Crippen LogP contribution is -2.13. The number of phenols is 1. The molecule has 124 valence electrons. The summed E-state index contributed by atoms with van der Waals surface area (Å²) in [6.45, 7) is 0. The Morgan fingerprint density at radius 1 is 1.32 bits per heavy atom. The van der Waals surface area contributed by atoms with Crippen molar-refractivity contribution >= 4 is 23.2 Å². The summed E-state index contributed by atoms with van der Waals surface area (Å²) in [4.78, 5) is 12.3. The molecule has 25 heavy (non-hydrogen) atoms. The first-order valence-electron chi connectivity index (χ1n) is 6.96. The molecule has 0 aliphatic heterocycles. The number of anilines is 1. The number of aromatic hydroxyl groups is 1. The lowest BCUT2D eigenvalue weighted by Gasteiger charge is -2.06. The zero-order chi connectivity index (χ0) is 18.0. The molecule has 0 atom stereocenters. The third kappa shape index (κ3) is 3.44. The van der Waals surface area contributed by atoms with E-state index in [-0.39, 0.29) is 5.69 Å². The monoisotopic (exact) mass is 356 g/mol. The number of aromatic nitrogens is 3. The maximum absolute atomic E-state index is 13.1. The van der Waals surface area contributed by atoms with E-state index in [0.717, 1.165) is 6.07 Å². The van der Waals surface area contributed by atoms with Gasteiger partial charge in [0.25, 0.3) is 5.91 Å². The first kappa shape index (κ1) is 16.5. The summed E-state index contributed by atoms with van der Waals surface area (Å²) in [5.74, 6) is 0.609. The molecule has 3 aromatic rings. The normalized spacial score (nSPS) is 10.3. The topological polar surface area (TPSA) is 80.0 Å². The summed E-state index contributed by atoms with van der Waals surface area (Å²) in [5.41, 5.74) is 1.19. The molecule has 6 nitrogen and oxygen atoms in total. The standard InChI is InChI=1S/C17H10ClFN4O2/c1-2-10-3-4-11(18)7-14(10)20-17(25)15-9-23(22-21-15)12-5-6-13(19)16(24)8-12/h1,3-9,24H,(H,20,25). The van der Waals surface area contributed by atoms with E-state index in [0.29, 0.717) is 22.0 Å². The minimum atomic E-state index is -0.760. The van der Waals surface area contributed by atoms with Crippen molar-refractivity contribution in [1.29, 1.82) is 0 Å². The van der Waals surface area contributed by atoms with Crippen LogP contribution in [0, 0.1) is 18.2 Å². The molecule has 1 amide bonds. The van der Waals surface area contributed by atoms with Crippen LogP contribution in [0.2, 0.25) is 5.02 Å². The highest BCUT2D eigenvalue weighted by Gasteiger charge is 2.14. The number of terminal acetylenes is 1. The van der Waals surface area contributed by atoms with E-state index in [1.54, 1.807) is 12.1 Å². The van der Waals surface area contributed by atoms with Crippen molar-refractivity contribution < 1.29 is 14.3 Å². The fourth-order valence-electron chi connectivity index (χ4n) is 2.07. The first-order chi connectivity index (χ1) is 12.0. The molecule has 0 fully saturated rings. The van der Waals surface area contributed by atoms with Gasteiger partial charge in [0.1, 0.15) is 0 Å². The van der Waals surface area contributed by atoms with Gasteiger partial charge in [0, 0.05) is 16.7 Å². The average molecular weight is 357 g/mol. The van der Waals surface area contributed by atoms with Crippen LogP contribution in [0.1, 0.15) is 16.1 Å². The van der Waals surface area contributed by atoms with Gasteiger partial charge in [-0.25, -0.2) is 9.07 Å². The number of hydrogen-bond donors (Lipinski definition) is 2. The van der Waals surface area contributed by atoms with Gasteiger partial charge in [-0.05, 0) is 30.3 Å². The van der Waals surface area contributed by atoms with Crippen molar-refractivity contribution in [2.75, 3.05) is 5.32 Å². The van der Waals surface area contributed by atoms with Crippen LogP contribution < -0.4 is 5.32 Å². The number of amides is 1. The van der Waals surface area contributed by atoms with Crippen LogP contribution in [0.15, 0.2) is 42.6 Å². The number of carbonyl (C=O) groups excluding carboxylic acids is 1. The lowest BCUT2D eigenvalue weighted by molar-refractivity contribution is 0.102. The van der Waals surface area contributed by atoms with Crippen LogP contribution in [-0.4, -0.2) is 26.0 Å². The highest BCUT2D eigenvalue weighted by molar-refractivity contribution is 6.31. The number of nitrogens with zero attached hydrogens (tertiary/aromatic N) is 3. The van der Waals surface area contributed by atoms with Crippen LogP contribution in [0.25, 0.3) is 5.69 Å². The second-order valence-corrected chi connectivity index (χ2v) is 5.41. The number of hydrogen-bond acceptors (Lipinski definition) is 4. The SMILES string of the molecule is C#Cc1ccc(Cl)cc1NC(=O)c1cn(-c2ccc(F)c(O)c2)nn1. The molecule has 0 bridgehead atoms. The molecule has 0 spiro atoms. The largest absolute Gasteiger partial charge is 0.505 e. The Morgan fingerprint density at radius 3 is 2.84 bits per heavy atom. The Labute approximate surface area is 146 Å². The number of carbonyl (C=O) groups is 1. The van der Waals surface area contributed by atoms with Gasteiger partial charge in [0.05, 0.1) is 17.6 Å². The molecule has 0 aliphatic carbocycles. The van der Waals surface area contributed by atoms with E-state index >= 15 is 0 Å². The zero-order valence-electron chi connectivity index (χ0n) is 12.6. The summed E-state index contributed by atoms with van der Waals surface area (Å²) in [7, 11) is 0. The van der Waals surface area contributed by atoms with E-state index in [9.17, 15) is 14.3 Å². The van der Waals surface area contributed by atoms with Gasteiger partial charge in [-0.3, -0.25) is 4.79 Å². The van der Waals surface area contributed by atoms with E-state index in [1.807, 2.05) is 0 Å². The van der Waals surface area contributed by atoms with Gasteiger partial charge < -0.3 is 10.4 Å². The Morgan fingerprint density at radius 2 is 2.12 bits per heavy atom. The third-order valence-corrected chi connectivity index (χ3v) is 3.54. The number of benzene rings is 2. The van der Waals surface area contributed by atoms with Crippen LogP contribution in [0.3, 0.4) is 0 Å². The first-order valence-corrected chi connectivity index (χ1v) is 7.34. The van der Waals surface area contributed by atoms with Crippen molar-refractivity contribution in [2.45, 2.75) is 0 Å². The van der Waals surface area contributed by atoms with Crippen molar-refractivity contribution in [3.63, 3.8) is 0 Å². The minimum absolute atomic E-state index is 0.00626. The molecule has 8 heteroatoms. The summed E-state index contributed by atoms with van der Waals surface area (Å²) in [5, 5.41) is 20.0. The molecule has 1 aromatic heterocycles. The molecule has 0 saturated carbocycles. The van der Waals surface area contributed by atoms with Gasteiger partial charge >= 0.3 is 0 Å². The molecular weight excluding hydrogens is 347 g/mol. The second kappa shape index (κ2) is 6.63. The number of phenolic OH excluding ortho intramolecular Hbond substituents is 1. The summed E-state index contributed by atoms with van der Waals surface area (Å²) >= 11 is 5.91. The molecular formula is C17H10ClFN4O2. The Bertz CT molecular complexity index is 1010. The van der Waals surface area contributed by atoms with Crippen LogP contribution >= 0.6 is 11.6 Å². The molecule has 0 aliphatic rings. The van der Waals surface area contributed by atoms with Gasteiger partial charge in [0.15, 0.2) is 17.3 Å². The lowest BCUT2D eigenvalue weighted by atomic mass is 10.2. The van der Waals surface area contributed by atoms with Crippen LogP contribution in [0.5, 0.6) is 5.75 Å². The molecule has 3 rings (SSSR count). The highest BCUT2D eigenvalue weighted by Crippen LogP contribution is 2.22. The van der Waals surface area contributed by atoms with E-state index in [2.05, 4.69) is 21.5 Å². The Balaban J connectivity index is 1.85. The zero-order valence-corrected chi connectivity index (χ0v) is 13.3. The van der Waals surface area contributed by atoms with Crippen LogP contribution in [0.4, 0.5) is 10.1 Å². The highest BCUT2D eigenvalue weighted by atomic mass is 35.5. The fraction of sp³-hybridized carbons (Fsp3) is 0. The predicted octanol–water partition coefficient (Wildman–Crippen LogP) is 3.00. The van der Waals surface area contributed by atoms with Crippen molar-refractivity contribution in [3.05, 3.63) is 64.7 Å². The molecule has 0 radical (unpaired) electrons. The molecule has 1 heterocycles. The quantitative estimate of drug-likeness (QED) is 0.707. The van der Waals surface area contributed by atoms with Gasteiger partial charge in [-0.2, -0.15) is 0 Å². The Hall–Kier alpha value is -3.37. The van der Waals surface area contributed by atoms with Crippen molar-refractivity contribution in [2.24, 2.45) is 0 Å². The second-order valence-electron chi connectivity index (χ2n) is 4.97. The summed E-state index contributed by atoms with van der Waals surface area (Å²) in [6, 6.07) is 8.38. The minimum Gasteiger partial charge on any atom is -0.505 e. The smallest absolute Gasteiger partial charge is 0.277 e. The van der Waals surface area contributed by atoms with E-state index < -0.39 is 17.5 Å². The summed E-state index contributed by atoms with van der Waals surface area (Å²) < 4.78 is 14.3. The maximum Gasteiger partial charge on any atom is 0.277 e. The third-order valence-electron chi connectivity index (χ3n) is 3.31. The van der Waals surface area contributed by atoms with E-state index in [4.69, 9.17) is 18.0 Å². The molecule has 0 saturated heterocycles. The number of rotatable bonds is 3. The predicted molar refractivity (Wildman–Crippen MR) is 90.3 cm³/mol. The molecule has 2 aromatic carbocycles. The average Bonchev–Trinajstić information content (AvgIpc) is 3.08. The number of nitrogens with one attached hydrogen (secondary N) is 1. The van der Waals surface area contributed by atoms with Crippen molar-refractivity contribution in [1.82, 2.24) is 15.0 Å². The fourth-order valence-corrected chi connectivity index (χ4v) is 2.24. The number of halogens is 2. The van der Waals surface area contributed by atoms with Gasteiger partial charge in [-0.15, -0.1) is 11.5 Å². The van der Waals surface area contributed by atoms with Gasteiger partial charge in [-0.1, -0.05) is 22.7 Å². The maximum atomic E-state index is 13.1. The van der Waals surface area contributed by atoms with Crippen LogP contribution in [-0.2, 0) is 0 Å². The van der Waals surface area contributed by atoms with E-state index in [1.165, 1.54) is 29.1 Å².